The fraction of sp³-hybridized carbons (Fsp3) is 0.0500. The van der Waals surface area contributed by atoms with E-state index in [1.807, 2.05) is 36.4 Å². The van der Waals surface area contributed by atoms with Crippen LogP contribution in [0.4, 0.5) is 5.69 Å². The average molecular weight is 379 g/mol. The van der Waals surface area contributed by atoms with Crippen LogP contribution in [0.2, 0.25) is 0 Å². The number of sulfonamides is 1. The van der Waals surface area contributed by atoms with Gasteiger partial charge in [-0.3, -0.25) is 4.72 Å². The van der Waals surface area contributed by atoms with E-state index >= 15 is 0 Å². The van der Waals surface area contributed by atoms with E-state index in [9.17, 15) is 8.42 Å². The summed E-state index contributed by atoms with van der Waals surface area (Å²) in [7, 11) is -2.21. The number of nitrogens with zero attached hydrogens (tertiary/aromatic N) is 1. The van der Waals surface area contributed by atoms with Crippen molar-refractivity contribution in [3.8, 4) is 17.1 Å². The molecule has 0 saturated carbocycles. The minimum Gasteiger partial charge on any atom is -0.497 e. The number of aromatic nitrogens is 2. The summed E-state index contributed by atoms with van der Waals surface area (Å²) in [6.07, 6.45) is 0. The van der Waals surface area contributed by atoms with Crippen molar-refractivity contribution in [3.63, 3.8) is 0 Å². The Labute approximate surface area is 156 Å². The molecule has 0 aliphatic carbocycles. The highest BCUT2D eigenvalue weighted by atomic mass is 32.2. The Morgan fingerprint density at radius 1 is 0.926 bits per heavy atom. The summed E-state index contributed by atoms with van der Waals surface area (Å²) in [5, 5.41) is 0. The van der Waals surface area contributed by atoms with Gasteiger partial charge in [0.1, 0.15) is 11.6 Å². The maximum atomic E-state index is 12.8. The fourth-order valence-electron chi connectivity index (χ4n) is 2.82. The summed E-state index contributed by atoms with van der Waals surface area (Å²) < 4.78 is 33.3. The summed E-state index contributed by atoms with van der Waals surface area (Å²) in [5.41, 5.74) is 2.83. The van der Waals surface area contributed by atoms with Crippen LogP contribution in [0.1, 0.15) is 0 Å². The van der Waals surface area contributed by atoms with Crippen LogP contribution in [0.5, 0.6) is 5.75 Å². The predicted octanol–water partition coefficient (Wildman–Crippen LogP) is 4.04. The smallest absolute Gasteiger partial charge is 0.261 e. The van der Waals surface area contributed by atoms with Gasteiger partial charge in [0.25, 0.3) is 10.0 Å². The van der Waals surface area contributed by atoms with Gasteiger partial charge in [0.15, 0.2) is 0 Å². The molecule has 0 unspecified atom stereocenters. The zero-order chi connectivity index (χ0) is 18.9. The van der Waals surface area contributed by atoms with Crippen LogP contribution in [0.15, 0.2) is 77.7 Å². The van der Waals surface area contributed by atoms with Gasteiger partial charge in [-0.25, -0.2) is 13.4 Å². The van der Waals surface area contributed by atoms with Gasteiger partial charge in [0.05, 0.1) is 28.7 Å². The van der Waals surface area contributed by atoms with E-state index in [1.165, 1.54) is 19.2 Å². The summed E-state index contributed by atoms with van der Waals surface area (Å²) >= 11 is 0. The topological polar surface area (TPSA) is 84.1 Å². The molecule has 4 aromatic rings. The second-order valence-electron chi connectivity index (χ2n) is 5.93. The van der Waals surface area contributed by atoms with Crippen LogP contribution >= 0.6 is 0 Å². The number of H-pyrrole nitrogens is 1. The Kier molecular flexibility index (Phi) is 4.29. The lowest BCUT2D eigenvalue weighted by atomic mass is 10.2. The molecule has 1 aromatic heterocycles. The van der Waals surface area contributed by atoms with Gasteiger partial charge in [-0.05, 0) is 48.5 Å². The Morgan fingerprint density at radius 3 is 2.37 bits per heavy atom. The highest BCUT2D eigenvalue weighted by molar-refractivity contribution is 7.92. The van der Waals surface area contributed by atoms with Crippen molar-refractivity contribution in [1.82, 2.24) is 9.97 Å². The molecule has 0 aliphatic rings. The maximum absolute atomic E-state index is 12.8. The van der Waals surface area contributed by atoms with E-state index in [1.54, 1.807) is 24.3 Å². The Balaban J connectivity index is 1.72. The van der Waals surface area contributed by atoms with E-state index in [4.69, 9.17) is 4.74 Å². The van der Waals surface area contributed by atoms with Crippen molar-refractivity contribution in [2.45, 2.75) is 4.90 Å². The maximum Gasteiger partial charge on any atom is 0.261 e. The highest BCUT2D eigenvalue weighted by Crippen LogP contribution is 2.29. The SMILES string of the molecule is COc1ccc(S(=O)(=O)Nc2ccccc2-c2nc3ccccc3[nH]2)cc1. The standard InChI is InChI=1S/C20H17N3O3S/c1-26-14-10-12-15(13-11-14)27(24,25)23-17-7-3-2-6-16(17)20-21-18-8-4-5-9-19(18)22-20/h2-13,23H,1H3,(H,21,22). The van der Waals surface area contributed by atoms with Crippen LogP contribution in [-0.2, 0) is 10.0 Å². The van der Waals surface area contributed by atoms with Gasteiger partial charge in [-0.1, -0.05) is 24.3 Å². The molecule has 3 aromatic carbocycles. The first-order chi connectivity index (χ1) is 13.1. The molecule has 2 N–H and O–H groups in total. The Morgan fingerprint density at radius 2 is 1.63 bits per heavy atom. The van der Waals surface area contributed by atoms with Crippen LogP contribution in [0.3, 0.4) is 0 Å². The minimum atomic E-state index is -3.75. The molecule has 27 heavy (non-hydrogen) atoms. The molecule has 0 saturated heterocycles. The molecule has 0 spiro atoms. The van der Waals surface area contributed by atoms with E-state index in [-0.39, 0.29) is 4.90 Å². The third kappa shape index (κ3) is 3.37. The molecular formula is C20H17N3O3S. The zero-order valence-corrected chi connectivity index (χ0v) is 15.3. The van der Waals surface area contributed by atoms with Gasteiger partial charge in [-0.2, -0.15) is 0 Å². The number of benzene rings is 3. The summed E-state index contributed by atoms with van der Waals surface area (Å²) in [4.78, 5) is 7.95. The number of imidazole rings is 1. The number of methoxy groups -OCH3 is 1. The molecule has 0 fully saturated rings. The normalized spacial score (nSPS) is 11.4. The first-order valence-electron chi connectivity index (χ1n) is 8.28. The lowest BCUT2D eigenvalue weighted by Gasteiger charge is -2.11. The summed E-state index contributed by atoms with van der Waals surface area (Å²) in [6.45, 7) is 0. The Bertz CT molecular complexity index is 1170. The molecule has 0 radical (unpaired) electrons. The number of hydrogen-bond donors (Lipinski definition) is 2. The fourth-order valence-corrected chi connectivity index (χ4v) is 3.90. The lowest BCUT2D eigenvalue weighted by molar-refractivity contribution is 0.414. The predicted molar refractivity (Wildman–Crippen MR) is 105 cm³/mol. The first-order valence-corrected chi connectivity index (χ1v) is 9.76. The number of anilines is 1. The van der Waals surface area contributed by atoms with E-state index < -0.39 is 10.0 Å². The van der Waals surface area contributed by atoms with Crippen LogP contribution in [0.25, 0.3) is 22.4 Å². The number of aromatic amines is 1. The van der Waals surface area contributed by atoms with Gasteiger partial charge in [-0.15, -0.1) is 0 Å². The van der Waals surface area contributed by atoms with Crippen LogP contribution in [0, 0.1) is 0 Å². The summed E-state index contributed by atoms with van der Waals surface area (Å²) in [5.74, 6) is 1.20. The molecule has 1 heterocycles. The molecule has 0 atom stereocenters. The second-order valence-corrected chi connectivity index (χ2v) is 7.61. The number of fused-ring (bicyclic) bond motifs is 1. The molecule has 0 aliphatic heterocycles. The van der Waals surface area contributed by atoms with Crippen LogP contribution < -0.4 is 9.46 Å². The van der Waals surface area contributed by atoms with Crippen molar-refractivity contribution in [1.29, 1.82) is 0 Å². The number of nitrogens with one attached hydrogen (secondary N) is 2. The largest absolute Gasteiger partial charge is 0.497 e. The molecular weight excluding hydrogens is 362 g/mol. The first kappa shape index (κ1) is 17.1. The zero-order valence-electron chi connectivity index (χ0n) is 14.5. The molecule has 0 amide bonds. The third-order valence-electron chi connectivity index (χ3n) is 4.19. The molecule has 0 bridgehead atoms. The van der Waals surface area contributed by atoms with E-state index in [0.717, 1.165) is 11.0 Å². The van der Waals surface area contributed by atoms with Crippen molar-refractivity contribution in [2.75, 3.05) is 11.8 Å². The molecule has 4 rings (SSSR count). The van der Waals surface area contributed by atoms with Crippen molar-refractivity contribution >= 4 is 26.7 Å². The molecule has 136 valence electrons. The van der Waals surface area contributed by atoms with Crippen molar-refractivity contribution in [3.05, 3.63) is 72.8 Å². The third-order valence-corrected chi connectivity index (χ3v) is 5.57. The number of para-hydroxylation sites is 3. The quantitative estimate of drug-likeness (QED) is 0.548. The highest BCUT2D eigenvalue weighted by Gasteiger charge is 2.18. The van der Waals surface area contributed by atoms with Gasteiger partial charge >= 0.3 is 0 Å². The van der Waals surface area contributed by atoms with Crippen LogP contribution in [-0.4, -0.2) is 25.5 Å². The van der Waals surface area contributed by atoms with Gasteiger partial charge < -0.3 is 9.72 Å². The molecule has 6 nitrogen and oxygen atoms in total. The number of ether oxygens (including phenoxy) is 1. The van der Waals surface area contributed by atoms with Crippen molar-refractivity contribution in [2.24, 2.45) is 0 Å². The lowest BCUT2D eigenvalue weighted by Crippen LogP contribution is -2.13. The van der Waals surface area contributed by atoms with Gasteiger partial charge in [0.2, 0.25) is 0 Å². The second kappa shape index (κ2) is 6.77. The van der Waals surface area contributed by atoms with E-state index in [2.05, 4.69) is 14.7 Å². The average Bonchev–Trinajstić information content (AvgIpc) is 3.12. The van der Waals surface area contributed by atoms with E-state index in [0.29, 0.717) is 22.8 Å². The minimum absolute atomic E-state index is 0.155. The summed E-state index contributed by atoms with van der Waals surface area (Å²) in [6, 6.07) is 21.0. The Hall–Kier alpha value is -3.32. The van der Waals surface area contributed by atoms with Gasteiger partial charge in [0, 0.05) is 5.56 Å². The van der Waals surface area contributed by atoms with Crippen molar-refractivity contribution < 1.29 is 13.2 Å². The number of hydrogen-bond acceptors (Lipinski definition) is 4. The molecule has 7 heteroatoms. The monoisotopic (exact) mass is 379 g/mol. The number of rotatable bonds is 5.